The van der Waals surface area contributed by atoms with Crippen LogP contribution < -0.4 is 0 Å². The number of carbonyl (C=O) groups is 2. The average molecular weight is 345 g/mol. The minimum Gasteiger partial charge on any atom is -0.343 e. The topological polar surface area (TPSA) is 40.6 Å². The molecule has 1 aliphatic rings. The molecule has 1 aromatic rings. The van der Waals surface area contributed by atoms with E-state index in [0.717, 1.165) is 15.9 Å². The van der Waals surface area contributed by atoms with Gasteiger partial charge in [-0.05, 0) is 41.2 Å². The summed E-state index contributed by atoms with van der Waals surface area (Å²) >= 11 is 4.81. The monoisotopic (exact) mass is 344 g/mol. The van der Waals surface area contributed by atoms with Gasteiger partial charge in [-0.15, -0.1) is 11.3 Å². The zero-order valence-corrected chi connectivity index (χ0v) is 13.7. The van der Waals surface area contributed by atoms with Crippen molar-refractivity contribution < 1.29 is 9.59 Å². The molecule has 1 aliphatic heterocycles. The number of rotatable bonds is 3. The van der Waals surface area contributed by atoms with Gasteiger partial charge in [-0.2, -0.15) is 0 Å². The summed E-state index contributed by atoms with van der Waals surface area (Å²) in [5, 5.41) is 1.89. The van der Waals surface area contributed by atoms with Gasteiger partial charge in [0.25, 0.3) is 0 Å². The molecule has 0 spiro atoms. The minimum absolute atomic E-state index is 0.0623. The quantitative estimate of drug-likeness (QED) is 0.789. The third kappa shape index (κ3) is 2.75. The third-order valence-corrected chi connectivity index (χ3v) is 5.45. The number of hydrogen-bond donors (Lipinski definition) is 0. The lowest BCUT2D eigenvalue weighted by Gasteiger charge is -2.44. The maximum atomic E-state index is 12.3. The number of likely N-dealkylation sites (N-methyl/N-ethyl adjacent to an activating group) is 1. The van der Waals surface area contributed by atoms with Gasteiger partial charge in [-0.1, -0.05) is 0 Å². The lowest BCUT2D eigenvalue weighted by Crippen LogP contribution is -2.62. The highest BCUT2D eigenvalue weighted by atomic mass is 79.9. The number of hydrogen-bond acceptors (Lipinski definition) is 4. The van der Waals surface area contributed by atoms with Crippen molar-refractivity contribution in [1.29, 1.82) is 0 Å². The average Bonchev–Trinajstić information content (AvgIpc) is 2.77. The number of halogens is 1. The Balaban J connectivity index is 2.13. The van der Waals surface area contributed by atoms with Crippen molar-refractivity contribution in [3.05, 3.63) is 20.8 Å². The molecule has 0 saturated carbocycles. The maximum Gasteiger partial charge on any atom is 0.242 e. The molecule has 0 aromatic carbocycles. The molecule has 6 heteroatoms. The highest BCUT2D eigenvalue weighted by molar-refractivity contribution is 9.10. The molecule has 0 bridgehead atoms. The SMILES string of the molecule is CN1CCN(CC(=O)c2sccc2Br)C(C)(C)C1=O. The largest absolute Gasteiger partial charge is 0.343 e. The Labute approximate surface area is 125 Å². The van der Waals surface area contributed by atoms with E-state index in [4.69, 9.17) is 0 Å². The first kappa shape index (κ1) is 14.7. The van der Waals surface area contributed by atoms with Crippen molar-refractivity contribution in [3.63, 3.8) is 0 Å². The number of nitrogens with zero attached hydrogens (tertiary/aromatic N) is 2. The van der Waals surface area contributed by atoms with E-state index in [1.807, 2.05) is 30.2 Å². The second-order valence-corrected chi connectivity index (χ2v) is 7.00. The lowest BCUT2D eigenvalue weighted by molar-refractivity contribution is -0.146. The Morgan fingerprint density at radius 1 is 1.47 bits per heavy atom. The molecule has 4 nitrogen and oxygen atoms in total. The molecule has 1 saturated heterocycles. The van der Waals surface area contributed by atoms with Crippen LogP contribution in [0.1, 0.15) is 23.5 Å². The summed E-state index contributed by atoms with van der Waals surface area (Å²) in [7, 11) is 1.80. The third-order valence-electron chi connectivity index (χ3n) is 3.57. The maximum absolute atomic E-state index is 12.3. The summed E-state index contributed by atoms with van der Waals surface area (Å²) < 4.78 is 0.834. The van der Waals surface area contributed by atoms with E-state index in [0.29, 0.717) is 6.54 Å². The Hall–Kier alpha value is -0.720. The fourth-order valence-electron chi connectivity index (χ4n) is 2.27. The summed E-state index contributed by atoms with van der Waals surface area (Å²) in [6, 6.07) is 1.87. The van der Waals surface area contributed by atoms with Gasteiger partial charge in [0.05, 0.1) is 17.0 Å². The fraction of sp³-hybridized carbons (Fsp3) is 0.538. The Morgan fingerprint density at radius 3 is 2.74 bits per heavy atom. The van der Waals surface area contributed by atoms with Gasteiger partial charge in [-0.3, -0.25) is 14.5 Å². The van der Waals surface area contributed by atoms with Crippen LogP contribution in [0, 0.1) is 0 Å². The normalized spacial score (nSPS) is 19.8. The summed E-state index contributed by atoms with van der Waals surface area (Å²) in [6.45, 7) is 5.43. The first-order chi connectivity index (χ1) is 8.84. The number of piperazine rings is 1. The van der Waals surface area contributed by atoms with Crippen LogP contribution in [0.4, 0.5) is 0 Å². The van der Waals surface area contributed by atoms with Gasteiger partial charge >= 0.3 is 0 Å². The van der Waals surface area contributed by atoms with Gasteiger partial charge < -0.3 is 4.90 Å². The summed E-state index contributed by atoms with van der Waals surface area (Å²) in [5.74, 6) is 0.129. The Bertz CT molecular complexity index is 512. The van der Waals surface area contributed by atoms with E-state index in [1.165, 1.54) is 11.3 Å². The fourth-order valence-corrected chi connectivity index (χ4v) is 3.79. The molecule has 0 radical (unpaired) electrons. The molecule has 0 aliphatic carbocycles. The molecule has 0 N–H and O–H groups in total. The van der Waals surface area contributed by atoms with Crippen molar-refractivity contribution in [1.82, 2.24) is 9.80 Å². The highest BCUT2D eigenvalue weighted by Gasteiger charge is 2.41. The molecule has 19 heavy (non-hydrogen) atoms. The predicted molar refractivity (Wildman–Crippen MR) is 79.6 cm³/mol. The Morgan fingerprint density at radius 2 is 2.16 bits per heavy atom. The summed E-state index contributed by atoms with van der Waals surface area (Å²) in [4.78, 5) is 28.9. The van der Waals surface area contributed by atoms with Crippen molar-refractivity contribution >= 4 is 39.0 Å². The molecule has 1 aromatic heterocycles. The van der Waals surface area contributed by atoms with Crippen LogP contribution in [0.15, 0.2) is 15.9 Å². The standard InChI is InChI=1S/C13H17BrN2O2S/c1-13(2)12(18)15(3)5-6-16(13)8-10(17)11-9(14)4-7-19-11/h4,7H,5-6,8H2,1-3H3. The second kappa shape index (κ2) is 5.34. The van der Waals surface area contributed by atoms with E-state index in [2.05, 4.69) is 15.9 Å². The van der Waals surface area contributed by atoms with Crippen LogP contribution in [0.3, 0.4) is 0 Å². The minimum atomic E-state index is -0.619. The second-order valence-electron chi connectivity index (χ2n) is 5.23. The van der Waals surface area contributed by atoms with E-state index in [-0.39, 0.29) is 18.2 Å². The smallest absolute Gasteiger partial charge is 0.242 e. The first-order valence-electron chi connectivity index (χ1n) is 6.11. The molecule has 0 atom stereocenters. The summed E-state index contributed by atoms with van der Waals surface area (Å²) in [5.41, 5.74) is -0.619. The van der Waals surface area contributed by atoms with Crippen LogP contribution >= 0.6 is 27.3 Å². The molecule has 1 fully saturated rings. The van der Waals surface area contributed by atoms with Gasteiger partial charge in [0.15, 0.2) is 5.78 Å². The van der Waals surface area contributed by atoms with Crippen LogP contribution in [0.2, 0.25) is 0 Å². The zero-order valence-electron chi connectivity index (χ0n) is 11.3. The zero-order chi connectivity index (χ0) is 14.2. The first-order valence-corrected chi connectivity index (χ1v) is 7.78. The number of ketones is 1. The molecular weight excluding hydrogens is 328 g/mol. The lowest BCUT2D eigenvalue weighted by atomic mass is 9.97. The molecule has 1 amide bonds. The van der Waals surface area contributed by atoms with Gasteiger partial charge in [0.1, 0.15) is 0 Å². The van der Waals surface area contributed by atoms with Gasteiger partial charge in [-0.25, -0.2) is 0 Å². The van der Waals surface area contributed by atoms with Crippen LogP contribution in [-0.4, -0.2) is 53.7 Å². The predicted octanol–water partition coefficient (Wildman–Crippen LogP) is 2.25. The van der Waals surface area contributed by atoms with Crippen molar-refractivity contribution in [2.75, 3.05) is 26.7 Å². The van der Waals surface area contributed by atoms with E-state index >= 15 is 0 Å². The van der Waals surface area contributed by atoms with E-state index < -0.39 is 5.54 Å². The van der Waals surface area contributed by atoms with E-state index in [9.17, 15) is 9.59 Å². The number of Topliss-reactive ketones (excluding diaryl/α,β-unsaturated/α-hetero) is 1. The highest BCUT2D eigenvalue weighted by Crippen LogP contribution is 2.26. The molecule has 2 rings (SSSR count). The van der Waals surface area contributed by atoms with Gasteiger partial charge in [0, 0.05) is 24.6 Å². The Kier molecular flexibility index (Phi) is 4.13. The van der Waals surface area contributed by atoms with Crippen molar-refractivity contribution in [2.45, 2.75) is 19.4 Å². The van der Waals surface area contributed by atoms with Crippen molar-refractivity contribution in [2.24, 2.45) is 0 Å². The van der Waals surface area contributed by atoms with Crippen LogP contribution in [-0.2, 0) is 4.79 Å². The van der Waals surface area contributed by atoms with Crippen LogP contribution in [0.25, 0.3) is 0 Å². The van der Waals surface area contributed by atoms with E-state index in [1.54, 1.807) is 11.9 Å². The van der Waals surface area contributed by atoms with Crippen LogP contribution in [0.5, 0.6) is 0 Å². The molecule has 2 heterocycles. The molecule has 0 unspecified atom stereocenters. The summed E-state index contributed by atoms with van der Waals surface area (Å²) in [6.07, 6.45) is 0. The molecule has 104 valence electrons. The number of amides is 1. The number of carbonyl (C=O) groups excluding carboxylic acids is 2. The number of thiophene rings is 1. The van der Waals surface area contributed by atoms with Crippen molar-refractivity contribution in [3.8, 4) is 0 Å². The van der Waals surface area contributed by atoms with Gasteiger partial charge in [0.2, 0.25) is 5.91 Å². The molecular formula is C13H17BrN2O2S.